The molecule has 42 heavy (non-hydrogen) atoms. The average molecular weight is 583 g/mol. The number of hydrogen-bond acceptors (Lipinski definition) is 8. The van der Waals surface area contributed by atoms with Gasteiger partial charge in [-0.05, 0) is 48.9 Å². The van der Waals surface area contributed by atoms with Crippen LogP contribution in [-0.2, 0) is 14.2 Å². The first-order chi connectivity index (χ1) is 20.6. The van der Waals surface area contributed by atoms with Crippen molar-refractivity contribution in [2.75, 3.05) is 96.9 Å². The van der Waals surface area contributed by atoms with E-state index in [1.165, 1.54) is 18.5 Å². The molecule has 1 fully saturated rings. The van der Waals surface area contributed by atoms with E-state index in [-0.39, 0.29) is 11.7 Å². The van der Waals surface area contributed by atoms with Crippen LogP contribution in [0.4, 0.5) is 10.1 Å². The number of nitrogens with two attached hydrogens (primary N) is 2. The van der Waals surface area contributed by atoms with E-state index >= 15 is 0 Å². The molecule has 2 aromatic rings. The number of ether oxygens (including phenoxy) is 3. The van der Waals surface area contributed by atoms with Crippen molar-refractivity contribution >= 4 is 17.9 Å². The molecule has 1 saturated heterocycles. The molecule has 0 aromatic heterocycles. The molecule has 1 amide bonds. The van der Waals surface area contributed by atoms with Crippen LogP contribution in [0, 0.1) is 17.7 Å². The molecule has 1 heterocycles. The third-order valence-corrected chi connectivity index (χ3v) is 6.57. The summed E-state index contributed by atoms with van der Waals surface area (Å²) in [6.07, 6.45) is 1.96. The van der Waals surface area contributed by atoms with Crippen LogP contribution in [0.25, 0.3) is 0 Å². The Morgan fingerprint density at radius 3 is 2.33 bits per heavy atom. The van der Waals surface area contributed by atoms with Gasteiger partial charge < -0.3 is 35.9 Å². The van der Waals surface area contributed by atoms with Crippen LogP contribution in [-0.4, -0.2) is 109 Å². The lowest BCUT2D eigenvalue weighted by atomic mass is 10.1. The monoisotopic (exact) mass is 582 g/mol. The standard InChI is InChI=1S/C31H43FN6O4/c32-29-7-3-26(4-8-29)2-5-27-24-28(31(39)36-12-1-11-35-25-34)6-9-30(27)38-15-13-37(14-16-38)17-19-41-21-23-42-22-20-40-18-10-33/h3-4,6-9,24-25H,1,10-23,33H2,(H2,34,35)(H,36,39). The number of halogens is 1. The molecule has 2 aromatic carbocycles. The van der Waals surface area contributed by atoms with E-state index in [9.17, 15) is 9.18 Å². The molecule has 0 unspecified atom stereocenters. The highest BCUT2D eigenvalue weighted by atomic mass is 19.1. The molecule has 3 rings (SSSR count). The van der Waals surface area contributed by atoms with Crippen molar-refractivity contribution in [1.82, 2.24) is 10.2 Å². The first-order valence-corrected chi connectivity index (χ1v) is 14.4. The number of hydrogen-bond donors (Lipinski definition) is 3. The Morgan fingerprint density at radius 2 is 1.64 bits per heavy atom. The van der Waals surface area contributed by atoms with Crippen molar-refractivity contribution in [2.24, 2.45) is 16.5 Å². The van der Waals surface area contributed by atoms with Crippen LogP contribution in [0.2, 0.25) is 0 Å². The minimum absolute atomic E-state index is 0.168. The summed E-state index contributed by atoms with van der Waals surface area (Å²) in [5.74, 6) is 5.87. The van der Waals surface area contributed by atoms with Crippen molar-refractivity contribution in [2.45, 2.75) is 6.42 Å². The van der Waals surface area contributed by atoms with Gasteiger partial charge in [0.05, 0.1) is 51.7 Å². The molecule has 0 atom stereocenters. The zero-order valence-corrected chi connectivity index (χ0v) is 24.2. The summed E-state index contributed by atoms with van der Waals surface area (Å²) in [4.78, 5) is 21.4. The maximum Gasteiger partial charge on any atom is 0.251 e. The molecule has 0 spiro atoms. The predicted octanol–water partition coefficient (Wildman–Crippen LogP) is 1.46. The first-order valence-electron chi connectivity index (χ1n) is 14.4. The van der Waals surface area contributed by atoms with Crippen molar-refractivity contribution in [3.8, 4) is 11.8 Å². The van der Waals surface area contributed by atoms with E-state index in [0.29, 0.717) is 76.8 Å². The minimum atomic E-state index is -0.308. The van der Waals surface area contributed by atoms with Crippen molar-refractivity contribution in [1.29, 1.82) is 0 Å². The molecule has 0 aliphatic carbocycles. The highest BCUT2D eigenvalue weighted by Gasteiger charge is 2.20. The second-order valence-electron chi connectivity index (χ2n) is 9.61. The zero-order chi connectivity index (χ0) is 29.8. The van der Waals surface area contributed by atoms with E-state index < -0.39 is 0 Å². The van der Waals surface area contributed by atoms with Crippen molar-refractivity contribution < 1.29 is 23.4 Å². The number of benzene rings is 2. The summed E-state index contributed by atoms with van der Waals surface area (Å²) in [6.45, 7) is 9.20. The zero-order valence-electron chi connectivity index (χ0n) is 24.2. The maximum atomic E-state index is 13.4. The fourth-order valence-electron chi connectivity index (χ4n) is 4.31. The smallest absolute Gasteiger partial charge is 0.251 e. The molecule has 5 N–H and O–H groups in total. The van der Waals surface area contributed by atoms with Gasteiger partial charge in [0, 0.05) is 69.0 Å². The third kappa shape index (κ3) is 12.1. The van der Waals surface area contributed by atoms with E-state index in [2.05, 4.69) is 31.9 Å². The van der Waals surface area contributed by atoms with E-state index in [1.54, 1.807) is 12.1 Å². The van der Waals surface area contributed by atoms with Gasteiger partial charge in [-0.3, -0.25) is 14.7 Å². The van der Waals surface area contributed by atoms with Gasteiger partial charge in [0.1, 0.15) is 5.82 Å². The Labute approximate surface area is 248 Å². The summed E-state index contributed by atoms with van der Waals surface area (Å²) in [5.41, 5.74) is 13.6. The SMILES string of the molecule is NC=NCCCNC(=O)c1ccc(N2CCN(CCOCCOCCOCCN)CC2)c(C#Cc2ccc(F)cc2)c1. The second kappa shape index (κ2) is 19.6. The first kappa shape index (κ1) is 33.0. The molecule has 1 aliphatic heterocycles. The summed E-state index contributed by atoms with van der Waals surface area (Å²) in [5, 5.41) is 2.92. The Kier molecular flexibility index (Phi) is 15.4. The third-order valence-electron chi connectivity index (χ3n) is 6.57. The Morgan fingerprint density at radius 1 is 0.952 bits per heavy atom. The minimum Gasteiger partial charge on any atom is -0.390 e. The topological polar surface area (TPSA) is 128 Å². The lowest BCUT2D eigenvalue weighted by molar-refractivity contribution is 0.0116. The van der Waals surface area contributed by atoms with E-state index in [4.69, 9.17) is 25.7 Å². The number of rotatable bonds is 17. The number of nitrogens with zero attached hydrogens (tertiary/aromatic N) is 3. The molecule has 228 valence electrons. The predicted molar refractivity (Wildman–Crippen MR) is 163 cm³/mol. The van der Waals surface area contributed by atoms with Gasteiger partial charge in [0.15, 0.2) is 0 Å². The summed E-state index contributed by atoms with van der Waals surface area (Å²) in [7, 11) is 0. The van der Waals surface area contributed by atoms with Gasteiger partial charge in [-0.15, -0.1) is 0 Å². The molecule has 1 aliphatic rings. The normalized spacial score (nSPS) is 13.7. The van der Waals surface area contributed by atoms with Gasteiger partial charge in [-0.25, -0.2) is 4.39 Å². The second-order valence-corrected chi connectivity index (χ2v) is 9.61. The number of aliphatic imine (C=N–C) groups is 1. The van der Waals surface area contributed by atoms with Gasteiger partial charge in [-0.2, -0.15) is 0 Å². The van der Waals surface area contributed by atoms with Gasteiger partial charge in [-0.1, -0.05) is 11.8 Å². The quantitative estimate of drug-likeness (QED) is 0.111. The molecule has 0 bridgehead atoms. The average Bonchev–Trinajstić information content (AvgIpc) is 3.01. The van der Waals surface area contributed by atoms with Crippen molar-refractivity contribution in [3.05, 3.63) is 65.0 Å². The number of carbonyl (C=O) groups is 1. The fourth-order valence-corrected chi connectivity index (χ4v) is 4.31. The number of amides is 1. The highest BCUT2D eigenvalue weighted by Crippen LogP contribution is 2.23. The number of piperazine rings is 1. The van der Waals surface area contributed by atoms with Crippen molar-refractivity contribution in [3.63, 3.8) is 0 Å². The maximum absolute atomic E-state index is 13.4. The molecular formula is C31H43FN6O4. The molecular weight excluding hydrogens is 539 g/mol. The summed E-state index contributed by atoms with van der Waals surface area (Å²) >= 11 is 0. The van der Waals surface area contributed by atoms with Crippen LogP contribution >= 0.6 is 0 Å². The van der Waals surface area contributed by atoms with Gasteiger partial charge >= 0.3 is 0 Å². The van der Waals surface area contributed by atoms with Crippen LogP contribution in [0.1, 0.15) is 27.9 Å². The lowest BCUT2D eigenvalue weighted by Crippen LogP contribution is -2.47. The van der Waals surface area contributed by atoms with Gasteiger partial charge in [0.2, 0.25) is 0 Å². The van der Waals surface area contributed by atoms with Crippen LogP contribution in [0.5, 0.6) is 0 Å². The fraction of sp³-hybridized carbons (Fsp3) is 0.484. The largest absolute Gasteiger partial charge is 0.390 e. The van der Waals surface area contributed by atoms with E-state index in [1.807, 2.05) is 18.2 Å². The summed E-state index contributed by atoms with van der Waals surface area (Å²) in [6, 6.07) is 11.7. The highest BCUT2D eigenvalue weighted by molar-refractivity contribution is 5.95. The summed E-state index contributed by atoms with van der Waals surface area (Å²) < 4.78 is 29.8. The lowest BCUT2D eigenvalue weighted by Gasteiger charge is -2.36. The molecule has 10 nitrogen and oxygen atoms in total. The Hall–Kier alpha value is -3.53. The van der Waals surface area contributed by atoms with E-state index in [0.717, 1.165) is 44.0 Å². The van der Waals surface area contributed by atoms with Crippen LogP contribution in [0.15, 0.2) is 47.5 Å². The molecule has 0 saturated carbocycles. The Balaban J connectivity index is 1.53. The molecule has 11 heteroatoms. The number of carbonyl (C=O) groups excluding carboxylic acids is 1. The van der Waals surface area contributed by atoms with Crippen LogP contribution in [0.3, 0.4) is 0 Å². The van der Waals surface area contributed by atoms with Crippen LogP contribution < -0.4 is 21.7 Å². The number of nitrogens with one attached hydrogen (secondary N) is 1. The number of anilines is 1. The molecule has 0 radical (unpaired) electrons. The van der Waals surface area contributed by atoms with Gasteiger partial charge in [0.25, 0.3) is 5.91 Å². The Bertz CT molecular complexity index is 1160.